The summed E-state index contributed by atoms with van der Waals surface area (Å²) in [4.78, 5) is 22.0. The number of nitrogens with zero attached hydrogens (tertiary/aromatic N) is 2. The third-order valence-electron chi connectivity index (χ3n) is 2.08. The fourth-order valence-corrected chi connectivity index (χ4v) is 2.31. The van der Waals surface area contributed by atoms with Crippen molar-refractivity contribution in [3.05, 3.63) is 15.6 Å². The van der Waals surface area contributed by atoms with Crippen molar-refractivity contribution in [2.45, 2.75) is 20.3 Å². The van der Waals surface area contributed by atoms with Crippen LogP contribution in [0.2, 0.25) is 0 Å². The summed E-state index contributed by atoms with van der Waals surface area (Å²) >= 11 is 1.43. The van der Waals surface area contributed by atoms with Gasteiger partial charge in [0.2, 0.25) is 0 Å². The predicted molar refractivity (Wildman–Crippen MR) is 53.2 cm³/mol. The van der Waals surface area contributed by atoms with Gasteiger partial charge in [0.05, 0.1) is 23.9 Å². The van der Waals surface area contributed by atoms with Crippen LogP contribution in [0.5, 0.6) is 0 Å². The maximum Gasteiger partial charge on any atom is 0.289 e. The van der Waals surface area contributed by atoms with Crippen LogP contribution < -0.4 is 0 Å². The number of rotatable bonds is 1. The van der Waals surface area contributed by atoms with E-state index in [1.54, 1.807) is 0 Å². The first-order valence-corrected chi connectivity index (χ1v) is 5.39. The number of carbonyl (C=O) groups excluding carboxylic acids is 1. The number of thiazole rings is 1. The third-order valence-corrected chi connectivity index (χ3v) is 3.14. The lowest BCUT2D eigenvalue weighted by Crippen LogP contribution is -2.26. The van der Waals surface area contributed by atoms with Gasteiger partial charge in [-0.15, -0.1) is 11.3 Å². The van der Waals surface area contributed by atoms with Gasteiger partial charge in [-0.1, -0.05) is 0 Å². The molecule has 1 amide bonds. The molecule has 0 unspecified atom stereocenters. The lowest BCUT2D eigenvalue weighted by atomic mass is 10.3. The van der Waals surface area contributed by atoms with E-state index in [0.717, 1.165) is 17.1 Å². The highest BCUT2D eigenvalue weighted by Crippen LogP contribution is 2.20. The Morgan fingerprint density at radius 3 is 2.86 bits per heavy atom. The van der Waals surface area contributed by atoms with Crippen molar-refractivity contribution in [2.75, 3.05) is 13.2 Å². The highest BCUT2D eigenvalue weighted by Gasteiger charge is 2.24. The van der Waals surface area contributed by atoms with Crippen LogP contribution in [0.3, 0.4) is 0 Å². The Bertz CT molecular complexity index is 356. The monoisotopic (exact) mass is 212 g/mol. The standard InChI is InChI=1S/C9H12N2O2S/c1-6-8(14-7(2)10-6)9(12)11-4-3-5-13-11/h3-5H2,1-2H3. The van der Waals surface area contributed by atoms with E-state index in [9.17, 15) is 4.79 Å². The lowest BCUT2D eigenvalue weighted by molar-refractivity contribution is -0.0765. The summed E-state index contributed by atoms with van der Waals surface area (Å²) in [6.45, 7) is 5.09. The molecule has 1 saturated heterocycles. The van der Waals surface area contributed by atoms with E-state index in [4.69, 9.17) is 4.84 Å². The molecule has 0 atom stereocenters. The Balaban J connectivity index is 2.21. The van der Waals surface area contributed by atoms with Crippen LogP contribution in [0.1, 0.15) is 26.8 Å². The summed E-state index contributed by atoms with van der Waals surface area (Å²) in [7, 11) is 0. The van der Waals surface area contributed by atoms with Gasteiger partial charge in [0, 0.05) is 0 Å². The van der Waals surface area contributed by atoms with E-state index in [1.165, 1.54) is 16.4 Å². The summed E-state index contributed by atoms with van der Waals surface area (Å²) in [6, 6.07) is 0. The molecule has 2 rings (SSSR count). The van der Waals surface area contributed by atoms with Crippen LogP contribution in [-0.2, 0) is 4.84 Å². The van der Waals surface area contributed by atoms with Crippen LogP contribution in [0, 0.1) is 13.8 Å². The Kier molecular flexibility index (Phi) is 2.52. The van der Waals surface area contributed by atoms with E-state index in [-0.39, 0.29) is 5.91 Å². The van der Waals surface area contributed by atoms with Gasteiger partial charge in [-0.3, -0.25) is 9.63 Å². The van der Waals surface area contributed by atoms with Crippen LogP contribution in [0.4, 0.5) is 0 Å². The molecule has 1 fully saturated rings. The molecule has 1 aromatic heterocycles. The summed E-state index contributed by atoms with van der Waals surface area (Å²) in [5, 5.41) is 2.35. The highest BCUT2D eigenvalue weighted by atomic mass is 32.1. The van der Waals surface area contributed by atoms with Crippen molar-refractivity contribution in [3.63, 3.8) is 0 Å². The van der Waals surface area contributed by atoms with E-state index < -0.39 is 0 Å². The summed E-state index contributed by atoms with van der Waals surface area (Å²) < 4.78 is 0. The van der Waals surface area contributed by atoms with Crippen molar-refractivity contribution in [1.82, 2.24) is 10.0 Å². The van der Waals surface area contributed by atoms with Crippen molar-refractivity contribution in [3.8, 4) is 0 Å². The first kappa shape index (κ1) is 9.61. The van der Waals surface area contributed by atoms with Crippen LogP contribution in [0.15, 0.2) is 0 Å². The maximum atomic E-state index is 11.9. The molecule has 0 bridgehead atoms. The van der Waals surface area contributed by atoms with Gasteiger partial charge in [-0.25, -0.2) is 10.0 Å². The molecule has 2 heterocycles. The average Bonchev–Trinajstić information content (AvgIpc) is 2.73. The molecule has 1 aliphatic heterocycles. The van der Waals surface area contributed by atoms with Gasteiger partial charge in [0.25, 0.3) is 5.91 Å². The minimum atomic E-state index is -0.0504. The van der Waals surface area contributed by atoms with Gasteiger partial charge in [-0.05, 0) is 20.3 Å². The largest absolute Gasteiger partial charge is 0.289 e. The first-order valence-electron chi connectivity index (χ1n) is 4.57. The Morgan fingerprint density at radius 2 is 2.36 bits per heavy atom. The molecule has 14 heavy (non-hydrogen) atoms. The van der Waals surface area contributed by atoms with Crippen molar-refractivity contribution >= 4 is 17.2 Å². The minimum Gasteiger partial charge on any atom is -0.271 e. The normalized spacial score (nSPS) is 16.3. The number of aromatic nitrogens is 1. The van der Waals surface area contributed by atoms with E-state index in [1.807, 2.05) is 13.8 Å². The number of hydrogen-bond acceptors (Lipinski definition) is 4. The van der Waals surface area contributed by atoms with E-state index in [0.29, 0.717) is 18.0 Å². The number of aryl methyl sites for hydroxylation is 2. The Morgan fingerprint density at radius 1 is 1.57 bits per heavy atom. The molecule has 4 nitrogen and oxygen atoms in total. The molecule has 0 aromatic carbocycles. The van der Waals surface area contributed by atoms with E-state index in [2.05, 4.69) is 4.98 Å². The second kappa shape index (κ2) is 3.67. The fourth-order valence-electron chi connectivity index (χ4n) is 1.45. The molecule has 1 aliphatic rings. The molecule has 1 aromatic rings. The average molecular weight is 212 g/mol. The summed E-state index contributed by atoms with van der Waals surface area (Å²) in [6.07, 6.45) is 0.919. The van der Waals surface area contributed by atoms with Crippen molar-refractivity contribution < 1.29 is 9.63 Å². The Hall–Kier alpha value is -0.940. The number of hydrogen-bond donors (Lipinski definition) is 0. The molecular weight excluding hydrogens is 200 g/mol. The summed E-state index contributed by atoms with van der Waals surface area (Å²) in [5.74, 6) is -0.0504. The topological polar surface area (TPSA) is 42.4 Å². The molecule has 0 N–H and O–H groups in total. The zero-order chi connectivity index (χ0) is 10.1. The molecule has 0 spiro atoms. The van der Waals surface area contributed by atoms with E-state index >= 15 is 0 Å². The summed E-state index contributed by atoms with van der Waals surface area (Å²) in [5.41, 5.74) is 0.799. The maximum absolute atomic E-state index is 11.9. The van der Waals surface area contributed by atoms with Gasteiger partial charge in [0.15, 0.2) is 0 Å². The second-order valence-corrected chi connectivity index (χ2v) is 4.44. The molecule has 0 aliphatic carbocycles. The van der Waals surface area contributed by atoms with Gasteiger partial charge >= 0.3 is 0 Å². The number of hydroxylamine groups is 2. The van der Waals surface area contributed by atoms with Crippen molar-refractivity contribution in [1.29, 1.82) is 0 Å². The van der Waals surface area contributed by atoms with Gasteiger partial charge < -0.3 is 0 Å². The number of amides is 1. The minimum absolute atomic E-state index is 0.0504. The van der Waals surface area contributed by atoms with Crippen LogP contribution in [-0.4, -0.2) is 29.1 Å². The zero-order valence-electron chi connectivity index (χ0n) is 8.24. The zero-order valence-corrected chi connectivity index (χ0v) is 9.06. The molecule has 76 valence electrons. The molecule has 0 saturated carbocycles. The third kappa shape index (κ3) is 1.65. The first-order chi connectivity index (χ1) is 6.68. The number of carbonyl (C=O) groups is 1. The molecular formula is C9H12N2O2S. The molecule has 5 heteroatoms. The Labute approximate surface area is 86.5 Å². The van der Waals surface area contributed by atoms with Gasteiger partial charge in [0.1, 0.15) is 4.88 Å². The quantitative estimate of drug-likeness (QED) is 0.709. The second-order valence-electron chi connectivity index (χ2n) is 3.24. The SMILES string of the molecule is Cc1nc(C)c(C(=O)N2CCCO2)s1. The van der Waals surface area contributed by atoms with Crippen LogP contribution >= 0.6 is 11.3 Å². The highest BCUT2D eigenvalue weighted by molar-refractivity contribution is 7.13. The predicted octanol–water partition coefficient (Wildman–Crippen LogP) is 1.54. The molecule has 0 radical (unpaired) electrons. The van der Waals surface area contributed by atoms with Crippen molar-refractivity contribution in [2.24, 2.45) is 0 Å². The van der Waals surface area contributed by atoms with Crippen LogP contribution in [0.25, 0.3) is 0 Å². The smallest absolute Gasteiger partial charge is 0.271 e. The lowest BCUT2D eigenvalue weighted by Gasteiger charge is -2.12. The fraction of sp³-hybridized carbons (Fsp3) is 0.556. The van der Waals surface area contributed by atoms with Gasteiger partial charge in [-0.2, -0.15) is 0 Å².